The van der Waals surface area contributed by atoms with Crippen molar-refractivity contribution >= 4 is 5.91 Å². The van der Waals surface area contributed by atoms with Gasteiger partial charge in [-0.15, -0.1) is 0 Å². The minimum absolute atomic E-state index is 0.142. The molecule has 2 aliphatic heterocycles. The second kappa shape index (κ2) is 4.49. The third-order valence-electron chi connectivity index (χ3n) is 3.61. The Bertz CT molecular complexity index is 229. The number of carbonyl (C=O) groups is 1. The van der Waals surface area contributed by atoms with E-state index >= 15 is 0 Å². The largest absolute Gasteiger partial charge is 0.381 e. The van der Waals surface area contributed by atoms with E-state index in [2.05, 4.69) is 10.2 Å². The van der Waals surface area contributed by atoms with Crippen molar-refractivity contribution in [1.82, 2.24) is 10.2 Å². The van der Waals surface area contributed by atoms with Crippen LogP contribution in [0.2, 0.25) is 0 Å². The van der Waals surface area contributed by atoms with E-state index in [4.69, 9.17) is 4.74 Å². The molecule has 2 fully saturated rings. The van der Waals surface area contributed by atoms with E-state index in [0.29, 0.717) is 11.8 Å². The first-order valence-electron chi connectivity index (χ1n) is 5.75. The van der Waals surface area contributed by atoms with Crippen molar-refractivity contribution in [1.29, 1.82) is 0 Å². The zero-order valence-corrected chi connectivity index (χ0v) is 9.42. The Labute approximate surface area is 91.0 Å². The molecule has 1 N–H and O–H groups in total. The van der Waals surface area contributed by atoms with Gasteiger partial charge in [-0.25, -0.2) is 0 Å². The van der Waals surface area contributed by atoms with Crippen LogP contribution in [0.3, 0.4) is 0 Å². The van der Waals surface area contributed by atoms with Gasteiger partial charge in [-0.2, -0.15) is 0 Å². The van der Waals surface area contributed by atoms with E-state index in [1.807, 2.05) is 0 Å². The van der Waals surface area contributed by atoms with Gasteiger partial charge in [0.05, 0.1) is 0 Å². The van der Waals surface area contributed by atoms with E-state index in [9.17, 15) is 4.79 Å². The quantitative estimate of drug-likeness (QED) is 0.728. The lowest BCUT2D eigenvalue weighted by Crippen LogP contribution is -2.58. The first-order chi connectivity index (χ1) is 7.24. The van der Waals surface area contributed by atoms with E-state index in [1.54, 1.807) is 7.05 Å². The molecule has 0 bridgehead atoms. The molecular weight excluding hydrogens is 192 g/mol. The number of likely N-dealkylation sites (tertiary alicyclic amines) is 1. The Morgan fingerprint density at radius 2 is 2.07 bits per heavy atom. The molecule has 0 aliphatic carbocycles. The minimum Gasteiger partial charge on any atom is -0.381 e. The van der Waals surface area contributed by atoms with E-state index in [1.165, 1.54) is 12.8 Å². The fourth-order valence-electron chi connectivity index (χ4n) is 2.57. The molecule has 2 rings (SSSR count). The van der Waals surface area contributed by atoms with Crippen molar-refractivity contribution in [2.75, 3.05) is 39.9 Å². The van der Waals surface area contributed by atoms with Gasteiger partial charge in [0.25, 0.3) is 0 Å². The van der Waals surface area contributed by atoms with Gasteiger partial charge in [-0.3, -0.25) is 4.79 Å². The summed E-state index contributed by atoms with van der Waals surface area (Å²) in [6.07, 6.45) is 3.02. The van der Waals surface area contributed by atoms with E-state index in [-0.39, 0.29) is 5.91 Å². The molecule has 0 aromatic carbocycles. The van der Waals surface area contributed by atoms with Crippen molar-refractivity contribution in [3.05, 3.63) is 0 Å². The Balaban J connectivity index is 1.66. The van der Waals surface area contributed by atoms with Crippen LogP contribution < -0.4 is 5.32 Å². The standard InChI is InChI=1S/C11H20N2O2/c1-12-10(14)2-5-13-8-11(9-13)3-6-15-7-4-11/h2-9H2,1H3,(H,12,14). The van der Waals surface area contributed by atoms with Crippen LogP contribution in [0, 0.1) is 5.41 Å². The van der Waals surface area contributed by atoms with Gasteiger partial charge in [0.2, 0.25) is 5.91 Å². The van der Waals surface area contributed by atoms with Crippen LogP contribution in [0.1, 0.15) is 19.3 Å². The molecule has 2 saturated heterocycles. The first kappa shape index (κ1) is 10.9. The third kappa shape index (κ3) is 2.49. The topological polar surface area (TPSA) is 41.6 Å². The summed E-state index contributed by atoms with van der Waals surface area (Å²) in [6.45, 7) is 5.07. The first-order valence-corrected chi connectivity index (χ1v) is 5.75. The van der Waals surface area contributed by atoms with Crippen LogP contribution in [0.4, 0.5) is 0 Å². The molecule has 1 spiro atoms. The van der Waals surface area contributed by atoms with Crippen LogP contribution in [0.25, 0.3) is 0 Å². The Morgan fingerprint density at radius 1 is 1.40 bits per heavy atom. The van der Waals surface area contributed by atoms with Crippen LogP contribution in [-0.2, 0) is 9.53 Å². The van der Waals surface area contributed by atoms with Crippen LogP contribution in [0.15, 0.2) is 0 Å². The molecule has 1 amide bonds. The summed E-state index contributed by atoms with van der Waals surface area (Å²) in [5.74, 6) is 0.142. The summed E-state index contributed by atoms with van der Waals surface area (Å²) >= 11 is 0. The number of amides is 1. The lowest BCUT2D eigenvalue weighted by atomic mass is 9.73. The fourth-order valence-corrected chi connectivity index (χ4v) is 2.57. The van der Waals surface area contributed by atoms with Crippen molar-refractivity contribution < 1.29 is 9.53 Å². The monoisotopic (exact) mass is 212 g/mol. The molecule has 0 aromatic heterocycles. The Morgan fingerprint density at radius 3 is 2.67 bits per heavy atom. The smallest absolute Gasteiger partial charge is 0.221 e. The van der Waals surface area contributed by atoms with Gasteiger partial charge >= 0.3 is 0 Å². The molecule has 0 saturated carbocycles. The average molecular weight is 212 g/mol. The number of ether oxygens (including phenoxy) is 1. The van der Waals surface area contributed by atoms with Gasteiger partial charge in [0, 0.05) is 51.7 Å². The Hall–Kier alpha value is -0.610. The summed E-state index contributed by atoms with van der Waals surface area (Å²) in [6, 6.07) is 0. The zero-order valence-electron chi connectivity index (χ0n) is 9.42. The maximum Gasteiger partial charge on any atom is 0.221 e. The number of nitrogens with one attached hydrogen (secondary N) is 1. The molecule has 0 radical (unpaired) electrons. The summed E-state index contributed by atoms with van der Waals surface area (Å²) in [5, 5.41) is 2.65. The van der Waals surface area contributed by atoms with Crippen molar-refractivity contribution in [3.63, 3.8) is 0 Å². The predicted molar refractivity (Wildman–Crippen MR) is 57.6 cm³/mol. The van der Waals surface area contributed by atoms with Crippen LogP contribution in [0.5, 0.6) is 0 Å². The molecule has 4 nitrogen and oxygen atoms in total. The number of nitrogens with zero attached hydrogens (tertiary/aromatic N) is 1. The fraction of sp³-hybridized carbons (Fsp3) is 0.909. The lowest BCUT2D eigenvalue weighted by molar-refractivity contribution is -0.123. The highest BCUT2D eigenvalue weighted by Gasteiger charge is 2.43. The average Bonchev–Trinajstić information content (AvgIpc) is 2.24. The third-order valence-corrected chi connectivity index (χ3v) is 3.61. The molecule has 0 aromatic rings. The highest BCUT2D eigenvalue weighted by molar-refractivity contribution is 5.75. The van der Waals surface area contributed by atoms with Crippen molar-refractivity contribution in [2.24, 2.45) is 5.41 Å². The number of carbonyl (C=O) groups excluding carboxylic acids is 1. The normalized spacial score (nSPS) is 24.9. The summed E-state index contributed by atoms with van der Waals surface area (Å²) in [4.78, 5) is 13.4. The summed E-state index contributed by atoms with van der Waals surface area (Å²) < 4.78 is 5.37. The lowest BCUT2D eigenvalue weighted by Gasteiger charge is -2.52. The second-order valence-electron chi connectivity index (χ2n) is 4.75. The van der Waals surface area contributed by atoms with Crippen molar-refractivity contribution in [3.8, 4) is 0 Å². The maximum absolute atomic E-state index is 11.1. The number of hydrogen-bond donors (Lipinski definition) is 1. The van der Waals surface area contributed by atoms with Gasteiger partial charge < -0.3 is 15.0 Å². The SMILES string of the molecule is CNC(=O)CCN1CC2(CCOCC2)C1. The molecule has 2 heterocycles. The van der Waals surface area contributed by atoms with Gasteiger partial charge in [-0.05, 0) is 12.8 Å². The molecule has 0 atom stereocenters. The highest BCUT2D eigenvalue weighted by atomic mass is 16.5. The minimum atomic E-state index is 0.142. The number of rotatable bonds is 3. The zero-order chi connectivity index (χ0) is 10.7. The van der Waals surface area contributed by atoms with Gasteiger partial charge in [0.15, 0.2) is 0 Å². The Kier molecular flexibility index (Phi) is 3.26. The van der Waals surface area contributed by atoms with Crippen LogP contribution in [-0.4, -0.2) is 50.7 Å². The molecule has 2 aliphatic rings. The van der Waals surface area contributed by atoms with Gasteiger partial charge in [-0.1, -0.05) is 0 Å². The predicted octanol–water partition coefficient (Wildman–Crippen LogP) is 0.235. The molecule has 15 heavy (non-hydrogen) atoms. The molecular formula is C11H20N2O2. The van der Waals surface area contributed by atoms with Crippen LogP contribution >= 0.6 is 0 Å². The van der Waals surface area contributed by atoms with Crippen molar-refractivity contribution in [2.45, 2.75) is 19.3 Å². The number of hydrogen-bond acceptors (Lipinski definition) is 3. The maximum atomic E-state index is 11.1. The molecule has 0 unspecified atom stereocenters. The summed E-state index contributed by atoms with van der Waals surface area (Å²) in [7, 11) is 1.69. The molecule has 4 heteroatoms. The summed E-state index contributed by atoms with van der Waals surface area (Å²) in [5.41, 5.74) is 0.529. The van der Waals surface area contributed by atoms with E-state index in [0.717, 1.165) is 32.8 Å². The highest BCUT2D eigenvalue weighted by Crippen LogP contribution is 2.39. The molecule has 86 valence electrons. The van der Waals surface area contributed by atoms with E-state index < -0.39 is 0 Å². The van der Waals surface area contributed by atoms with Gasteiger partial charge in [0.1, 0.15) is 0 Å². The second-order valence-corrected chi connectivity index (χ2v) is 4.75.